The summed E-state index contributed by atoms with van der Waals surface area (Å²) < 4.78 is 1.92. The van der Waals surface area contributed by atoms with E-state index in [4.69, 9.17) is 0 Å². The van der Waals surface area contributed by atoms with E-state index in [-0.39, 0.29) is 5.91 Å². The van der Waals surface area contributed by atoms with Crippen LogP contribution in [-0.4, -0.2) is 32.4 Å². The van der Waals surface area contributed by atoms with E-state index in [1.54, 1.807) is 0 Å². The van der Waals surface area contributed by atoms with Gasteiger partial charge in [-0.2, -0.15) is 10.2 Å². The first-order chi connectivity index (χ1) is 11.2. The molecule has 0 unspecified atom stereocenters. The lowest BCUT2D eigenvalue weighted by atomic mass is 10.1. The largest absolute Gasteiger partial charge is 0.346 e. The topological polar surface area (TPSA) is 87.6 Å². The summed E-state index contributed by atoms with van der Waals surface area (Å²) in [5, 5.41) is 18.0. The molecule has 23 heavy (non-hydrogen) atoms. The normalized spacial score (nSPS) is 13.9. The van der Waals surface area contributed by atoms with Crippen LogP contribution < -0.4 is 10.6 Å². The van der Waals surface area contributed by atoms with E-state index in [9.17, 15) is 4.79 Å². The molecule has 0 bridgehead atoms. The highest BCUT2D eigenvalue weighted by molar-refractivity contribution is 5.94. The first-order valence-electron chi connectivity index (χ1n) is 8.24. The first kappa shape index (κ1) is 15.7. The van der Waals surface area contributed by atoms with Gasteiger partial charge in [0.15, 0.2) is 5.69 Å². The molecule has 124 valence electrons. The van der Waals surface area contributed by atoms with Crippen LogP contribution in [0.4, 0.5) is 0 Å². The Morgan fingerprint density at radius 1 is 1.35 bits per heavy atom. The summed E-state index contributed by atoms with van der Waals surface area (Å²) in [5.74, 6) is -0.126. The molecule has 3 rings (SSSR count). The SMILES string of the molecule is CCc1nn(C)c(CC)c1CNC(=O)c1n[nH]c2c1CNCC2. The number of amides is 1. The molecule has 1 aliphatic rings. The van der Waals surface area contributed by atoms with Crippen molar-refractivity contribution < 1.29 is 4.79 Å². The Hall–Kier alpha value is -2.15. The molecule has 0 saturated carbocycles. The van der Waals surface area contributed by atoms with E-state index >= 15 is 0 Å². The molecule has 0 aromatic carbocycles. The maximum Gasteiger partial charge on any atom is 0.272 e. The quantitative estimate of drug-likeness (QED) is 0.763. The zero-order valence-electron chi connectivity index (χ0n) is 14.0. The number of carbonyl (C=O) groups excluding carboxylic acids is 1. The molecule has 1 aliphatic heterocycles. The van der Waals surface area contributed by atoms with Crippen molar-refractivity contribution in [2.24, 2.45) is 7.05 Å². The number of nitrogens with zero attached hydrogens (tertiary/aromatic N) is 3. The Labute approximate surface area is 135 Å². The molecule has 0 saturated heterocycles. The van der Waals surface area contributed by atoms with Gasteiger partial charge in [0.05, 0.1) is 5.69 Å². The third-order valence-corrected chi connectivity index (χ3v) is 4.47. The van der Waals surface area contributed by atoms with Crippen LogP contribution in [0.3, 0.4) is 0 Å². The predicted octanol–water partition coefficient (Wildman–Crippen LogP) is 0.844. The number of rotatable bonds is 5. The van der Waals surface area contributed by atoms with Crippen LogP contribution in [0.2, 0.25) is 0 Å². The van der Waals surface area contributed by atoms with E-state index in [2.05, 4.69) is 39.8 Å². The Balaban J connectivity index is 1.76. The zero-order valence-corrected chi connectivity index (χ0v) is 14.0. The third-order valence-electron chi connectivity index (χ3n) is 4.47. The van der Waals surface area contributed by atoms with Crippen LogP contribution in [0.15, 0.2) is 0 Å². The molecule has 1 amide bonds. The molecule has 0 aliphatic carbocycles. The predicted molar refractivity (Wildman–Crippen MR) is 87.1 cm³/mol. The molecule has 0 atom stereocenters. The average molecular weight is 316 g/mol. The number of aryl methyl sites for hydroxylation is 2. The van der Waals surface area contributed by atoms with Gasteiger partial charge in [-0.05, 0) is 12.8 Å². The molecule has 0 radical (unpaired) electrons. The maximum absolute atomic E-state index is 12.5. The summed E-state index contributed by atoms with van der Waals surface area (Å²) in [7, 11) is 1.96. The van der Waals surface area contributed by atoms with Crippen LogP contribution in [-0.2, 0) is 39.4 Å². The highest BCUT2D eigenvalue weighted by atomic mass is 16.1. The van der Waals surface area contributed by atoms with Crippen molar-refractivity contribution in [1.29, 1.82) is 0 Å². The van der Waals surface area contributed by atoms with Crippen molar-refractivity contribution in [2.75, 3.05) is 6.54 Å². The first-order valence-corrected chi connectivity index (χ1v) is 8.24. The molecule has 2 aromatic heterocycles. The van der Waals surface area contributed by atoms with Gasteiger partial charge in [0, 0.05) is 55.6 Å². The summed E-state index contributed by atoms with van der Waals surface area (Å²) in [4.78, 5) is 12.5. The highest BCUT2D eigenvalue weighted by Gasteiger charge is 2.22. The van der Waals surface area contributed by atoms with Gasteiger partial charge in [-0.25, -0.2) is 0 Å². The Kier molecular flexibility index (Phi) is 4.47. The van der Waals surface area contributed by atoms with E-state index in [1.807, 2.05) is 11.7 Å². The lowest BCUT2D eigenvalue weighted by Crippen LogP contribution is -2.28. The maximum atomic E-state index is 12.5. The third kappa shape index (κ3) is 2.88. The summed E-state index contributed by atoms with van der Waals surface area (Å²) in [5.41, 5.74) is 5.92. The molecule has 3 N–H and O–H groups in total. The fourth-order valence-corrected chi connectivity index (χ4v) is 3.26. The van der Waals surface area contributed by atoms with Crippen LogP contribution in [0.1, 0.15) is 52.5 Å². The Morgan fingerprint density at radius 2 is 2.17 bits per heavy atom. The number of fused-ring (bicyclic) bond motifs is 1. The zero-order chi connectivity index (χ0) is 16.4. The van der Waals surface area contributed by atoms with Crippen LogP contribution in [0.5, 0.6) is 0 Å². The summed E-state index contributed by atoms with van der Waals surface area (Å²) in [6, 6.07) is 0. The van der Waals surface area contributed by atoms with Crippen LogP contribution >= 0.6 is 0 Å². The molecule has 7 heteroatoms. The molecule has 0 spiro atoms. The number of H-pyrrole nitrogens is 1. The number of aromatic amines is 1. The number of hydrogen-bond donors (Lipinski definition) is 3. The van der Waals surface area contributed by atoms with Gasteiger partial charge in [-0.1, -0.05) is 13.8 Å². The number of aromatic nitrogens is 4. The van der Waals surface area contributed by atoms with E-state index in [0.717, 1.165) is 48.3 Å². The van der Waals surface area contributed by atoms with Gasteiger partial charge >= 0.3 is 0 Å². The molecule has 7 nitrogen and oxygen atoms in total. The second kappa shape index (κ2) is 6.54. The molecule has 3 heterocycles. The Bertz CT molecular complexity index is 714. The van der Waals surface area contributed by atoms with Gasteiger partial charge in [0.1, 0.15) is 0 Å². The average Bonchev–Trinajstić information content (AvgIpc) is 3.13. The van der Waals surface area contributed by atoms with Crippen molar-refractivity contribution >= 4 is 5.91 Å². The minimum Gasteiger partial charge on any atom is -0.346 e. The monoisotopic (exact) mass is 316 g/mol. The van der Waals surface area contributed by atoms with Gasteiger partial charge in [-0.3, -0.25) is 14.6 Å². The minimum absolute atomic E-state index is 0.126. The van der Waals surface area contributed by atoms with Crippen molar-refractivity contribution in [3.8, 4) is 0 Å². The highest BCUT2D eigenvalue weighted by Crippen LogP contribution is 2.17. The van der Waals surface area contributed by atoms with E-state index in [0.29, 0.717) is 18.8 Å². The van der Waals surface area contributed by atoms with Crippen molar-refractivity contribution in [1.82, 2.24) is 30.6 Å². The fraction of sp³-hybridized carbons (Fsp3) is 0.562. The lowest BCUT2D eigenvalue weighted by Gasteiger charge is -2.13. The summed E-state index contributed by atoms with van der Waals surface area (Å²) >= 11 is 0. The minimum atomic E-state index is -0.126. The van der Waals surface area contributed by atoms with Gasteiger partial charge in [0.25, 0.3) is 5.91 Å². The molecule has 2 aromatic rings. The van der Waals surface area contributed by atoms with Crippen LogP contribution in [0.25, 0.3) is 0 Å². The van der Waals surface area contributed by atoms with Crippen LogP contribution in [0, 0.1) is 0 Å². The van der Waals surface area contributed by atoms with Crippen molar-refractivity contribution in [2.45, 2.75) is 46.2 Å². The van der Waals surface area contributed by atoms with Gasteiger partial charge in [-0.15, -0.1) is 0 Å². The number of carbonyl (C=O) groups is 1. The van der Waals surface area contributed by atoms with Crippen molar-refractivity contribution in [3.63, 3.8) is 0 Å². The second-order valence-corrected chi connectivity index (χ2v) is 5.84. The van der Waals surface area contributed by atoms with Gasteiger partial charge in [0.2, 0.25) is 0 Å². The molecular weight excluding hydrogens is 292 g/mol. The lowest BCUT2D eigenvalue weighted by molar-refractivity contribution is 0.0944. The standard InChI is InChI=1S/C16H24N6O/c1-4-12-10(14(5-2)22(3)21-12)9-18-16(23)15-11-8-17-7-6-13(11)19-20-15/h17H,4-9H2,1-3H3,(H,18,23)(H,19,20). The molecule has 0 fully saturated rings. The fourth-order valence-electron chi connectivity index (χ4n) is 3.26. The molecular formula is C16H24N6O. The van der Waals surface area contributed by atoms with E-state index < -0.39 is 0 Å². The second-order valence-electron chi connectivity index (χ2n) is 5.84. The van der Waals surface area contributed by atoms with Crippen molar-refractivity contribution in [3.05, 3.63) is 33.9 Å². The smallest absolute Gasteiger partial charge is 0.272 e. The number of nitrogens with one attached hydrogen (secondary N) is 3. The Morgan fingerprint density at radius 3 is 2.91 bits per heavy atom. The van der Waals surface area contributed by atoms with E-state index in [1.165, 1.54) is 5.69 Å². The summed E-state index contributed by atoms with van der Waals surface area (Å²) in [6.45, 7) is 6.31. The summed E-state index contributed by atoms with van der Waals surface area (Å²) in [6.07, 6.45) is 2.65. The number of hydrogen-bond acceptors (Lipinski definition) is 4. The van der Waals surface area contributed by atoms with Gasteiger partial charge < -0.3 is 10.6 Å².